The molecule has 144 valence electrons. The van der Waals surface area contributed by atoms with Gasteiger partial charge in [0.1, 0.15) is 0 Å². The van der Waals surface area contributed by atoms with E-state index in [0.29, 0.717) is 10.4 Å². The lowest BCUT2D eigenvalue weighted by Gasteiger charge is -2.01. The molecule has 0 saturated carbocycles. The molecule has 0 aliphatic rings. The highest BCUT2D eigenvalue weighted by Crippen LogP contribution is 2.19. The highest BCUT2D eigenvalue weighted by atomic mass is 32.2. The number of aromatic nitrogens is 1. The number of carbonyl (C=O) groups excluding carboxylic acids is 1. The smallest absolute Gasteiger partial charge is 0.337 e. The maximum Gasteiger partial charge on any atom is 0.337 e. The highest BCUT2D eigenvalue weighted by molar-refractivity contribution is 7.85. The first-order chi connectivity index (χ1) is 12.7. The number of carbonyl (C=O) groups is 1. The third-order valence-electron chi connectivity index (χ3n) is 3.76. The molecular weight excluding hydrogens is 388 g/mol. The Balaban J connectivity index is 0.000000208. The van der Waals surface area contributed by atoms with Crippen LogP contribution in [0.4, 0.5) is 0 Å². The van der Waals surface area contributed by atoms with E-state index < -0.39 is 10.1 Å². The minimum atomic E-state index is -4.02. The van der Waals surface area contributed by atoms with Gasteiger partial charge in [0, 0.05) is 6.54 Å². The summed E-state index contributed by atoms with van der Waals surface area (Å²) in [6.07, 6.45) is 0. The predicted octanol–water partition coefficient (Wildman–Crippen LogP) is 3.23. The standard InChI is InChI=1S/C11H12N2O2S.C7H8O3S/c1-3-13-8-5-4-7(10(14)15-2)6-9(8)16-11(13)12;1-6-2-4-7(5-3-6)11(8,9)10/h4-6,12H,3H2,1-2H3;2-5H,1H3,(H,8,9,10). The van der Waals surface area contributed by atoms with Gasteiger partial charge in [0.25, 0.3) is 10.1 Å². The molecular formula is C18H20N2O5S2. The average Bonchev–Trinajstić information content (AvgIpc) is 2.95. The molecule has 3 rings (SSSR count). The molecule has 0 bridgehead atoms. The maximum atomic E-state index is 11.3. The number of ether oxygens (including phenoxy) is 1. The Labute approximate surface area is 161 Å². The van der Waals surface area contributed by atoms with Crippen LogP contribution in [0.1, 0.15) is 22.8 Å². The van der Waals surface area contributed by atoms with Crippen LogP contribution in [0.15, 0.2) is 47.4 Å². The Morgan fingerprint density at radius 2 is 1.85 bits per heavy atom. The van der Waals surface area contributed by atoms with E-state index in [1.54, 1.807) is 24.3 Å². The molecule has 0 aliphatic heterocycles. The topological polar surface area (TPSA) is 109 Å². The Kier molecular flexibility index (Phi) is 6.53. The molecule has 9 heteroatoms. The molecule has 0 fully saturated rings. The Hall–Kier alpha value is -2.49. The quantitative estimate of drug-likeness (QED) is 0.511. The van der Waals surface area contributed by atoms with Crippen molar-refractivity contribution in [2.75, 3.05) is 7.11 Å². The number of thiazole rings is 1. The monoisotopic (exact) mass is 408 g/mol. The third-order valence-corrected chi connectivity index (χ3v) is 5.59. The molecule has 27 heavy (non-hydrogen) atoms. The summed E-state index contributed by atoms with van der Waals surface area (Å²) in [5, 5.41) is 7.79. The lowest BCUT2D eigenvalue weighted by atomic mass is 10.2. The van der Waals surface area contributed by atoms with Gasteiger partial charge in [-0.1, -0.05) is 29.0 Å². The lowest BCUT2D eigenvalue weighted by Crippen LogP contribution is -2.10. The molecule has 0 atom stereocenters. The van der Waals surface area contributed by atoms with Crippen molar-refractivity contribution >= 4 is 37.6 Å². The van der Waals surface area contributed by atoms with E-state index in [4.69, 9.17) is 9.96 Å². The van der Waals surface area contributed by atoms with Crippen molar-refractivity contribution in [1.29, 1.82) is 5.41 Å². The van der Waals surface area contributed by atoms with Gasteiger partial charge in [-0.15, -0.1) is 0 Å². The fourth-order valence-corrected chi connectivity index (χ4v) is 3.85. The number of rotatable bonds is 3. The van der Waals surface area contributed by atoms with Crippen LogP contribution in [0.3, 0.4) is 0 Å². The number of aryl methyl sites for hydroxylation is 2. The first-order valence-electron chi connectivity index (χ1n) is 7.97. The van der Waals surface area contributed by atoms with E-state index in [0.717, 1.165) is 22.3 Å². The zero-order chi connectivity index (χ0) is 20.2. The van der Waals surface area contributed by atoms with Crippen molar-refractivity contribution < 1.29 is 22.5 Å². The van der Waals surface area contributed by atoms with Crippen LogP contribution in [0.2, 0.25) is 0 Å². The first kappa shape index (κ1) is 20.8. The van der Waals surface area contributed by atoms with Crippen LogP contribution in [-0.2, 0) is 21.4 Å². The Morgan fingerprint density at radius 1 is 1.22 bits per heavy atom. The van der Waals surface area contributed by atoms with Gasteiger partial charge in [-0.3, -0.25) is 9.96 Å². The van der Waals surface area contributed by atoms with Crippen LogP contribution in [-0.4, -0.2) is 30.6 Å². The predicted molar refractivity (Wildman–Crippen MR) is 104 cm³/mol. The number of esters is 1. The summed E-state index contributed by atoms with van der Waals surface area (Å²) in [7, 11) is -2.66. The second kappa shape index (κ2) is 8.47. The van der Waals surface area contributed by atoms with Crippen molar-refractivity contribution in [1.82, 2.24) is 4.57 Å². The number of methoxy groups -OCH3 is 1. The Bertz CT molecular complexity index is 1110. The molecule has 0 unspecified atom stereocenters. The molecule has 2 aromatic carbocycles. The molecule has 0 saturated heterocycles. The van der Waals surface area contributed by atoms with Crippen molar-refractivity contribution in [2.45, 2.75) is 25.3 Å². The van der Waals surface area contributed by atoms with Crippen molar-refractivity contribution in [3.05, 3.63) is 58.4 Å². The lowest BCUT2D eigenvalue weighted by molar-refractivity contribution is 0.0601. The highest BCUT2D eigenvalue weighted by Gasteiger charge is 2.09. The van der Waals surface area contributed by atoms with Crippen molar-refractivity contribution in [3.8, 4) is 0 Å². The summed E-state index contributed by atoms with van der Waals surface area (Å²) in [6, 6.07) is 11.4. The molecule has 0 amide bonds. The summed E-state index contributed by atoms with van der Waals surface area (Å²) < 4.78 is 37.1. The largest absolute Gasteiger partial charge is 0.465 e. The summed E-state index contributed by atoms with van der Waals surface area (Å²) >= 11 is 1.37. The second-order valence-corrected chi connectivity index (χ2v) is 8.07. The first-order valence-corrected chi connectivity index (χ1v) is 10.2. The van der Waals surface area contributed by atoms with Crippen LogP contribution >= 0.6 is 11.3 Å². The molecule has 2 N–H and O–H groups in total. The van der Waals surface area contributed by atoms with Gasteiger partial charge in [0.2, 0.25) is 0 Å². The fraction of sp³-hybridized carbons (Fsp3) is 0.222. The van der Waals surface area contributed by atoms with E-state index in [1.807, 2.05) is 24.5 Å². The van der Waals surface area contributed by atoms with E-state index >= 15 is 0 Å². The van der Waals surface area contributed by atoms with Crippen molar-refractivity contribution in [2.24, 2.45) is 0 Å². The number of benzene rings is 2. The molecule has 1 aromatic heterocycles. The number of nitrogens with one attached hydrogen (secondary N) is 1. The summed E-state index contributed by atoms with van der Waals surface area (Å²) in [5.41, 5.74) is 2.47. The molecule has 7 nitrogen and oxygen atoms in total. The van der Waals surface area contributed by atoms with Gasteiger partial charge in [-0.25, -0.2) is 4.79 Å². The van der Waals surface area contributed by atoms with Crippen LogP contribution in [0.5, 0.6) is 0 Å². The van der Waals surface area contributed by atoms with E-state index in [-0.39, 0.29) is 10.9 Å². The van der Waals surface area contributed by atoms with Gasteiger partial charge >= 0.3 is 5.97 Å². The van der Waals surface area contributed by atoms with Gasteiger partial charge in [0.05, 0.1) is 27.8 Å². The minimum Gasteiger partial charge on any atom is -0.465 e. The Morgan fingerprint density at radius 3 is 2.37 bits per heavy atom. The van der Waals surface area contributed by atoms with Gasteiger partial charge in [0.15, 0.2) is 4.80 Å². The van der Waals surface area contributed by atoms with E-state index in [1.165, 1.54) is 30.6 Å². The van der Waals surface area contributed by atoms with Crippen LogP contribution in [0.25, 0.3) is 10.2 Å². The second-order valence-electron chi connectivity index (χ2n) is 5.61. The van der Waals surface area contributed by atoms with Crippen molar-refractivity contribution in [3.63, 3.8) is 0 Å². The van der Waals surface area contributed by atoms with Crippen LogP contribution < -0.4 is 4.80 Å². The SMILES string of the molecule is CCn1c(=N)sc2cc(C(=O)OC)ccc21.Cc1ccc(S(=O)(=O)O)cc1. The summed E-state index contributed by atoms with van der Waals surface area (Å²) in [5.74, 6) is -0.343. The minimum absolute atomic E-state index is 0.0666. The third kappa shape index (κ3) is 5.03. The maximum absolute atomic E-state index is 11.3. The molecule has 0 spiro atoms. The molecule has 0 radical (unpaired) electrons. The fourth-order valence-electron chi connectivity index (χ4n) is 2.36. The number of hydrogen-bond donors (Lipinski definition) is 2. The zero-order valence-electron chi connectivity index (χ0n) is 15.1. The number of fused-ring (bicyclic) bond motifs is 1. The average molecular weight is 409 g/mol. The van der Waals surface area contributed by atoms with Gasteiger partial charge in [-0.05, 0) is 44.2 Å². The molecule has 0 aliphatic carbocycles. The van der Waals surface area contributed by atoms with Gasteiger partial charge in [-0.2, -0.15) is 8.42 Å². The normalized spacial score (nSPS) is 11.0. The number of nitrogens with zero attached hydrogens (tertiary/aromatic N) is 1. The zero-order valence-corrected chi connectivity index (χ0v) is 16.7. The summed E-state index contributed by atoms with van der Waals surface area (Å²) in [4.78, 5) is 11.8. The van der Waals surface area contributed by atoms with E-state index in [2.05, 4.69) is 4.74 Å². The molecule has 3 aromatic rings. The molecule has 1 heterocycles. The van der Waals surface area contributed by atoms with Gasteiger partial charge < -0.3 is 9.30 Å². The number of hydrogen-bond acceptors (Lipinski definition) is 6. The summed E-state index contributed by atoms with van der Waals surface area (Å²) in [6.45, 7) is 4.60. The van der Waals surface area contributed by atoms with E-state index in [9.17, 15) is 13.2 Å². The van der Waals surface area contributed by atoms with Crippen LogP contribution in [0, 0.1) is 12.3 Å².